The summed E-state index contributed by atoms with van der Waals surface area (Å²) in [7, 11) is 5.34. The number of methoxy groups -OCH3 is 1. The number of aliphatic hydroxyl groups is 2. The molecular weight excluding hydrogens is 366 g/mol. The van der Waals surface area contributed by atoms with Gasteiger partial charge in [0.15, 0.2) is 0 Å². The van der Waals surface area contributed by atoms with E-state index in [-0.39, 0.29) is 24.8 Å². The van der Waals surface area contributed by atoms with Crippen LogP contribution in [0.4, 0.5) is 0 Å². The molecule has 1 aliphatic heterocycles. The maximum absolute atomic E-state index is 12.2. The number of amides is 2. The molecule has 1 heterocycles. The Bertz CT molecular complexity index is 652. The standard InChI is InChI=1S/C19H29N3O6/c1-22(2)9-8-20-16(23)10-14-17(24)18(25)15(28-14)11-21-19(26)12-4-6-13(27-3)7-5-12/h4-7,14-15,17-18,24-25H,8-11H2,1-3H3,(H,20,23)(H,21,26)/t14-,15+,17-,18+/m0/s1. The van der Waals surface area contributed by atoms with Crippen LogP contribution in [0.15, 0.2) is 24.3 Å². The zero-order valence-corrected chi connectivity index (χ0v) is 16.4. The number of carbonyl (C=O) groups excluding carboxylic acids is 2. The van der Waals surface area contributed by atoms with E-state index in [9.17, 15) is 19.8 Å². The van der Waals surface area contributed by atoms with Crippen LogP contribution in [-0.4, -0.2) is 92.2 Å². The van der Waals surface area contributed by atoms with Crippen molar-refractivity contribution in [3.8, 4) is 5.75 Å². The molecule has 156 valence electrons. The second-order valence-corrected chi connectivity index (χ2v) is 6.99. The molecule has 1 aromatic carbocycles. The topological polar surface area (TPSA) is 120 Å². The van der Waals surface area contributed by atoms with Crippen molar-refractivity contribution in [2.24, 2.45) is 0 Å². The Morgan fingerprint density at radius 3 is 2.36 bits per heavy atom. The summed E-state index contributed by atoms with van der Waals surface area (Å²) in [5.41, 5.74) is 0.436. The van der Waals surface area contributed by atoms with Gasteiger partial charge in [0, 0.05) is 25.2 Å². The Kier molecular flexibility index (Phi) is 8.18. The molecule has 9 nitrogen and oxygen atoms in total. The van der Waals surface area contributed by atoms with Crippen molar-refractivity contribution in [2.45, 2.75) is 30.8 Å². The largest absolute Gasteiger partial charge is 0.497 e. The normalized spacial score (nSPS) is 24.2. The number of aliphatic hydroxyl groups excluding tert-OH is 2. The molecule has 2 rings (SSSR count). The van der Waals surface area contributed by atoms with E-state index in [2.05, 4.69) is 10.6 Å². The molecule has 0 radical (unpaired) electrons. The van der Waals surface area contributed by atoms with E-state index in [1.807, 2.05) is 19.0 Å². The van der Waals surface area contributed by atoms with Crippen LogP contribution in [0.3, 0.4) is 0 Å². The lowest BCUT2D eigenvalue weighted by molar-refractivity contribution is -0.125. The van der Waals surface area contributed by atoms with E-state index in [0.717, 1.165) is 0 Å². The van der Waals surface area contributed by atoms with Crippen LogP contribution in [0.5, 0.6) is 5.75 Å². The van der Waals surface area contributed by atoms with Gasteiger partial charge in [-0.05, 0) is 38.4 Å². The van der Waals surface area contributed by atoms with Crippen molar-refractivity contribution in [1.29, 1.82) is 0 Å². The predicted octanol–water partition coefficient (Wildman–Crippen LogP) is -1.02. The third-order valence-corrected chi connectivity index (χ3v) is 4.55. The highest BCUT2D eigenvalue weighted by molar-refractivity contribution is 5.94. The van der Waals surface area contributed by atoms with Crippen LogP contribution in [0.2, 0.25) is 0 Å². The van der Waals surface area contributed by atoms with Gasteiger partial charge >= 0.3 is 0 Å². The molecule has 1 aromatic rings. The molecule has 1 saturated heterocycles. The van der Waals surface area contributed by atoms with Crippen molar-refractivity contribution in [1.82, 2.24) is 15.5 Å². The van der Waals surface area contributed by atoms with E-state index in [0.29, 0.717) is 24.4 Å². The predicted molar refractivity (Wildman–Crippen MR) is 102 cm³/mol. The minimum absolute atomic E-state index is 0.0157. The van der Waals surface area contributed by atoms with Crippen LogP contribution in [0.1, 0.15) is 16.8 Å². The number of ether oxygens (including phenoxy) is 2. The molecule has 28 heavy (non-hydrogen) atoms. The average Bonchev–Trinajstić information content (AvgIpc) is 2.93. The molecule has 4 atom stereocenters. The zero-order chi connectivity index (χ0) is 20.7. The second-order valence-electron chi connectivity index (χ2n) is 6.99. The third-order valence-electron chi connectivity index (χ3n) is 4.55. The van der Waals surface area contributed by atoms with Crippen LogP contribution in [0, 0.1) is 0 Å². The first-order valence-electron chi connectivity index (χ1n) is 9.17. The quantitative estimate of drug-likeness (QED) is 0.422. The molecule has 4 N–H and O–H groups in total. The fraction of sp³-hybridized carbons (Fsp3) is 0.579. The summed E-state index contributed by atoms with van der Waals surface area (Å²) in [5.74, 6) is 0.0414. The molecule has 0 spiro atoms. The van der Waals surface area contributed by atoms with Gasteiger partial charge in [0.2, 0.25) is 5.91 Å². The Morgan fingerprint density at radius 1 is 1.11 bits per heavy atom. The summed E-state index contributed by atoms with van der Waals surface area (Å²) >= 11 is 0. The van der Waals surface area contributed by atoms with Gasteiger partial charge in [-0.2, -0.15) is 0 Å². The van der Waals surface area contributed by atoms with Crippen molar-refractivity contribution in [2.75, 3.05) is 40.8 Å². The van der Waals surface area contributed by atoms with Gasteiger partial charge in [-0.15, -0.1) is 0 Å². The maximum atomic E-state index is 12.2. The van der Waals surface area contributed by atoms with E-state index < -0.39 is 24.4 Å². The lowest BCUT2D eigenvalue weighted by Crippen LogP contribution is -2.40. The summed E-state index contributed by atoms with van der Waals surface area (Å²) in [5, 5.41) is 25.7. The molecule has 1 fully saturated rings. The third kappa shape index (κ3) is 6.16. The minimum Gasteiger partial charge on any atom is -0.497 e. The van der Waals surface area contributed by atoms with Gasteiger partial charge in [-0.25, -0.2) is 0 Å². The fourth-order valence-electron chi connectivity index (χ4n) is 2.87. The smallest absolute Gasteiger partial charge is 0.251 e. The molecule has 2 amide bonds. The highest BCUT2D eigenvalue weighted by Crippen LogP contribution is 2.23. The SMILES string of the molecule is COc1ccc(C(=O)NC[C@H]2O[C@@H](CC(=O)NCCN(C)C)[C@H](O)[C@@H]2O)cc1. The molecule has 0 unspecified atom stereocenters. The van der Waals surface area contributed by atoms with Crippen LogP contribution >= 0.6 is 0 Å². The first kappa shape index (κ1) is 22.1. The van der Waals surface area contributed by atoms with Crippen molar-refractivity contribution >= 4 is 11.8 Å². The van der Waals surface area contributed by atoms with Crippen LogP contribution in [0.25, 0.3) is 0 Å². The Labute approximate surface area is 164 Å². The average molecular weight is 395 g/mol. The maximum Gasteiger partial charge on any atom is 0.251 e. The second kappa shape index (κ2) is 10.4. The number of hydrogen-bond donors (Lipinski definition) is 4. The first-order chi connectivity index (χ1) is 13.3. The van der Waals surface area contributed by atoms with Crippen molar-refractivity contribution < 1.29 is 29.3 Å². The Hall–Kier alpha value is -2.20. The number of rotatable bonds is 9. The highest BCUT2D eigenvalue weighted by Gasteiger charge is 2.43. The van der Waals surface area contributed by atoms with E-state index in [1.165, 1.54) is 7.11 Å². The number of nitrogens with zero attached hydrogens (tertiary/aromatic N) is 1. The number of carbonyl (C=O) groups is 2. The lowest BCUT2D eigenvalue weighted by atomic mass is 10.1. The summed E-state index contributed by atoms with van der Waals surface area (Å²) in [4.78, 5) is 26.1. The van der Waals surface area contributed by atoms with Crippen molar-refractivity contribution in [3.63, 3.8) is 0 Å². The van der Waals surface area contributed by atoms with Gasteiger partial charge < -0.3 is 35.2 Å². The highest BCUT2D eigenvalue weighted by atomic mass is 16.5. The van der Waals surface area contributed by atoms with E-state index >= 15 is 0 Å². The molecular formula is C19H29N3O6. The molecule has 9 heteroatoms. The van der Waals surface area contributed by atoms with Gasteiger partial charge in [0.1, 0.15) is 24.1 Å². The van der Waals surface area contributed by atoms with Crippen LogP contribution in [-0.2, 0) is 9.53 Å². The number of hydrogen-bond acceptors (Lipinski definition) is 7. The fourth-order valence-corrected chi connectivity index (χ4v) is 2.87. The minimum atomic E-state index is -1.19. The van der Waals surface area contributed by atoms with Crippen LogP contribution < -0.4 is 15.4 Å². The van der Waals surface area contributed by atoms with Gasteiger partial charge in [0.05, 0.1) is 19.6 Å². The summed E-state index contributed by atoms with van der Waals surface area (Å²) in [6.45, 7) is 1.20. The first-order valence-corrected chi connectivity index (χ1v) is 9.17. The summed E-state index contributed by atoms with van der Waals surface area (Å²) < 4.78 is 10.6. The zero-order valence-electron chi connectivity index (χ0n) is 16.4. The molecule has 0 aliphatic carbocycles. The molecule has 0 aromatic heterocycles. The molecule has 1 aliphatic rings. The monoisotopic (exact) mass is 395 g/mol. The van der Waals surface area contributed by atoms with E-state index in [4.69, 9.17) is 9.47 Å². The molecule has 0 saturated carbocycles. The van der Waals surface area contributed by atoms with Crippen molar-refractivity contribution in [3.05, 3.63) is 29.8 Å². The summed E-state index contributed by atoms with van der Waals surface area (Å²) in [6, 6.07) is 6.58. The van der Waals surface area contributed by atoms with Gasteiger partial charge in [0.25, 0.3) is 5.91 Å². The van der Waals surface area contributed by atoms with Gasteiger partial charge in [-0.3, -0.25) is 9.59 Å². The van der Waals surface area contributed by atoms with Gasteiger partial charge in [-0.1, -0.05) is 0 Å². The number of nitrogens with one attached hydrogen (secondary N) is 2. The van der Waals surface area contributed by atoms with E-state index in [1.54, 1.807) is 24.3 Å². The molecule has 0 bridgehead atoms. The lowest BCUT2D eigenvalue weighted by Gasteiger charge is -2.16. The summed E-state index contributed by atoms with van der Waals surface area (Å²) in [6.07, 6.45) is -4.05. The Balaban J connectivity index is 1.81. The number of likely N-dealkylation sites (N-methyl/N-ethyl adjacent to an activating group) is 1. The number of benzene rings is 1. The Morgan fingerprint density at radius 2 is 1.75 bits per heavy atom.